The predicted molar refractivity (Wildman–Crippen MR) is 81.1 cm³/mol. The Morgan fingerprint density at radius 1 is 1.35 bits per heavy atom. The van der Waals surface area contributed by atoms with Crippen LogP contribution in [0.4, 0.5) is 0 Å². The van der Waals surface area contributed by atoms with Crippen LogP contribution in [0, 0.1) is 0 Å². The number of piperidine rings is 1. The van der Waals surface area contributed by atoms with Gasteiger partial charge in [-0.25, -0.2) is 0 Å². The Kier molecular flexibility index (Phi) is 4.29. The van der Waals surface area contributed by atoms with E-state index < -0.39 is 0 Å². The highest BCUT2D eigenvalue weighted by atomic mass is 79.9. The van der Waals surface area contributed by atoms with Crippen molar-refractivity contribution in [1.82, 2.24) is 5.32 Å². The number of nitrogens with one attached hydrogen (secondary N) is 1. The molecule has 1 aliphatic rings. The number of rotatable bonds is 4. The molecule has 5 heteroatoms. The van der Waals surface area contributed by atoms with Crippen LogP contribution in [0.2, 0.25) is 0 Å². The van der Waals surface area contributed by atoms with Gasteiger partial charge in [-0.2, -0.15) is 0 Å². The van der Waals surface area contributed by atoms with Crippen molar-refractivity contribution in [3.63, 3.8) is 0 Å². The first-order valence-corrected chi connectivity index (χ1v) is 7.64. The van der Waals surface area contributed by atoms with E-state index in [-0.39, 0.29) is 0 Å². The molecule has 1 aromatic carbocycles. The maximum Gasteiger partial charge on any atom is 0.177 e. The highest BCUT2D eigenvalue weighted by Gasteiger charge is 2.16. The first kappa shape index (κ1) is 13.9. The van der Waals surface area contributed by atoms with Crippen LogP contribution in [0.5, 0.6) is 5.75 Å². The summed E-state index contributed by atoms with van der Waals surface area (Å²) >= 11 is 3.54. The van der Waals surface area contributed by atoms with Gasteiger partial charge in [-0.15, -0.1) is 0 Å². The molecule has 0 bridgehead atoms. The molecule has 0 spiro atoms. The van der Waals surface area contributed by atoms with E-state index in [2.05, 4.69) is 21.2 Å². The monoisotopic (exact) mass is 339 g/mol. The van der Waals surface area contributed by atoms with Gasteiger partial charge < -0.3 is 19.2 Å². The minimum absolute atomic E-state index is 0.329. The van der Waals surface area contributed by atoms with Crippen molar-refractivity contribution in [1.29, 1.82) is 0 Å². The summed E-state index contributed by atoms with van der Waals surface area (Å²) in [5.74, 6) is 1.58. The average molecular weight is 340 g/mol. The topological polar surface area (TPSA) is 43.6 Å². The van der Waals surface area contributed by atoms with Crippen molar-refractivity contribution in [3.8, 4) is 5.75 Å². The van der Waals surface area contributed by atoms with Crippen LogP contribution < -0.4 is 10.1 Å². The van der Waals surface area contributed by atoms with Gasteiger partial charge in [0.1, 0.15) is 12.4 Å². The second-order valence-electron chi connectivity index (χ2n) is 4.97. The zero-order chi connectivity index (χ0) is 13.9. The zero-order valence-electron chi connectivity index (χ0n) is 11.4. The molecule has 0 radical (unpaired) electrons. The number of ether oxygens (including phenoxy) is 2. The smallest absolute Gasteiger partial charge is 0.177 e. The van der Waals surface area contributed by atoms with Gasteiger partial charge in [0.05, 0.1) is 13.2 Å². The minimum Gasteiger partial charge on any atom is -0.493 e. The minimum atomic E-state index is 0.329. The molecule has 1 saturated heterocycles. The molecule has 0 amide bonds. The zero-order valence-corrected chi connectivity index (χ0v) is 13.0. The fraction of sp³-hybridized carbons (Fsp3) is 0.467. The summed E-state index contributed by atoms with van der Waals surface area (Å²) in [7, 11) is 1.65. The number of hydrogen-bond donors (Lipinski definition) is 1. The van der Waals surface area contributed by atoms with Crippen LogP contribution in [0.3, 0.4) is 0 Å². The predicted octanol–water partition coefficient (Wildman–Crippen LogP) is 3.47. The largest absolute Gasteiger partial charge is 0.493 e. The van der Waals surface area contributed by atoms with Crippen molar-refractivity contribution < 1.29 is 13.9 Å². The molecule has 0 aliphatic carbocycles. The summed E-state index contributed by atoms with van der Waals surface area (Å²) in [5, 5.41) is 4.35. The number of halogens is 1. The number of methoxy groups -OCH3 is 1. The summed E-state index contributed by atoms with van der Waals surface area (Å²) < 4.78 is 18.1. The van der Waals surface area contributed by atoms with Crippen LogP contribution in [-0.4, -0.2) is 26.3 Å². The molecule has 0 atom stereocenters. The number of benzene rings is 1. The molecule has 108 valence electrons. The lowest BCUT2D eigenvalue weighted by Gasteiger charge is -2.22. The SMILES string of the molecule is COc1ccc(Br)c2cc(COC3CCNCC3)oc12. The molecule has 1 aliphatic heterocycles. The van der Waals surface area contributed by atoms with Gasteiger partial charge in [-0.05, 0) is 44.1 Å². The molecule has 1 fully saturated rings. The Morgan fingerprint density at radius 2 is 2.15 bits per heavy atom. The lowest BCUT2D eigenvalue weighted by Crippen LogP contribution is -2.32. The normalized spacial score (nSPS) is 16.7. The van der Waals surface area contributed by atoms with E-state index >= 15 is 0 Å². The Labute approximate surface area is 126 Å². The van der Waals surface area contributed by atoms with E-state index in [0.717, 1.165) is 52.9 Å². The molecular weight excluding hydrogens is 322 g/mol. The number of furan rings is 1. The summed E-state index contributed by atoms with van der Waals surface area (Å²) in [5.41, 5.74) is 0.769. The molecule has 3 rings (SSSR count). The number of fused-ring (bicyclic) bond motifs is 1. The Balaban J connectivity index is 1.76. The molecule has 0 unspecified atom stereocenters. The first-order valence-electron chi connectivity index (χ1n) is 6.85. The van der Waals surface area contributed by atoms with Crippen LogP contribution in [0.25, 0.3) is 11.0 Å². The van der Waals surface area contributed by atoms with Gasteiger partial charge in [0, 0.05) is 9.86 Å². The summed E-state index contributed by atoms with van der Waals surface area (Å²) in [6.07, 6.45) is 2.45. The van der Waals surface area contributed by atoms with Crippen molar-refractivity contribution in [2.75, 3.05) is 20.2 Å². The highest BCUT2D eigenvalue weighted by molar-refractivity contribution is 9.10. The fourth-order valence-electron chi connectivity index (χ4n) is 2.51. The van der Waals surface area contributed by atoms with Gasteiger partial charge in [-0.3, -0.25) is 0 Å². The van der Waals surface area contributed by atoms with Crippen molar-refractivity contribution in [3.05, 3.63) is 28.4 Å². The van der Waals surface area contributed by atoms with Gasteiger partial charge in [0.2, 0.25) is 0 Å². The quantitative estimate of drug-likeness (QED) is 0.926. The average Bonchev–Trinajstić information content (AvgIpc) is 2.92. The fourth-order valence-corrected chi connectivity index (χ4v) is 2.94. The Bertz CT molecular complexity index is 590. The molecule has 2 aromatic rings. The maximum atomic E-state index is 5.92. The van der Waals surface area contributed by atoms with E-state index in [1.807, 2.05) is 18.2 Å². The molecule has 20 heavy (non-hydrogen) atoms. The van der Waals surface area contributed by atoms with Gasteiger partial charge in [0.25, 0.3) is 0 Å². The molecule has 4 nitrogen and oxygen atoms in total. The Morgan fingerprint density at radius 3 is 2.90 bits per heavy atom. The lowest BCUT2D eigenvalue weighted by molar-refractivity contribution is 0.0134. The standard InChI is InChI=1S/C15H18BrNO3/c1-18-14-3-2-13(16)12-8-11(20-15(12)14)9-19-10-4-6-17-7-5-10/h2-3,8,10,17H,4-7,9H2,1H3. The van der Waals surface area contributed by atoms with Crippen LogP contribution >= 0.6 is 15.9 Å². The van der Waals surface area contributed by atoms with Gasteiger partial charge in [0.15, 0.2) is 11.3 Å². The van der Waals surface area contributed by atoms with Crippen molar-refractivity contribution in [2.45, 2.75) is 25.6 Å². The van der Waals surface area contributed by atoms with Crippen LogP contribution in [-0.2, 0) is 11.3 Å². The third-order valence-corrected chi connectivity index (χ3v) is 4.30. The summed E-state index contributed by atoms with van der Waals surface area (Å²) in [6, 6.07) is 5.88. The number of hydrogen-bond acceptors (Lipinski definition) is 4. The van der Waals surface area contributed by atoms with Gasteiger partial charge >= 0.3 is 0 Å². The molecule has 1 N–H and O–H groups in total. The van der Waals surface area contributed by atoms with Crippen LogP contribution in [0.15, 0.2) is 27.1 Å². The van der Waals surface area contributed by atoms with E-state index in [4.69, 9.17) is 13.9 Å². The highest BCUT2D eigenvalue weighted by Crippen LogP contribution is 2.34. The van der Waals surface area contributed by atoms with Crippen LogP contribution in [0.1, 0.15) is 18.6 Å². The molecule has 1 aromatic heterocycles. The van der Waals surface area contributed by atoms with E-state index in [0.29, 0.717) is 12.7 Å². The second-order valence-corrected chi connectivity index (χ2v) is 5.82. The summed E-state index contributed by atoms with van der Waals surface area (Å²) in [6.45, 7) is 2.57. The molecular formula is C15H18BrNO3. The third-order valence-electron chi connectivity index (χ3n) is 3.61. The Hall–Kier alpha value is -1.04. The van der Waals surface area contributed by atoms with E-state index in [9.17, 15) is 0 Å². The lowest BCUT2D eigenvalue weighted by atomic mass is 10.1. The van der Waals surface area contributed by atoms with Crippen molar-refractivity contribution in [2.24, 2.45) is 0 Å². The van der Waals surface area contributed by atoms with Gasteiger partial charge in [-0.1, -0.05) is 15.9 Å². The molecule has 2 heterocycles. The summed E-state index contributed by atoms with van der Waals surface area (Å²) in [4.78, 5) is 0. The second kappa shape index (κ2) is 6.16. The molecule has 0 saturated carbocycles. The first-order chi connectivity index (χ1) is 9.78. The van der Waals surface area contributed by atoms with E-state index in [1.165, 1.54) is 0 Å². The van der Waals surface area contributed by atoms with E-state index in [1.54, 1.807) is 7.11 Å². The third kappa shape index (κ3) is 2.85. The van der Waals surface area contributed by atoms with Crippen molar-refractivity contribution >= 4 is 26.9 Å². The maximum absolute atomic E-state index is 5.92.